The molecule has 0 bridgehead atoms. The Morgan fingerprint density at radius 2 is 2.10 bits per heavy atom. The van der Waals surface area contributed by atoms with Gasteiger partial charge in [0, 0.05) is 12.1 Å². The van der Waals surface area contributed by atoms with E-state index in [0.717, 1.165) is 18.9 Å². The van der Waals surface area contributed by atoms with Gasteiger partial charge in [0.2, 0.25) is 0 Å². The number of hydrogen-bond donors (Lipinski definition) is 1. The number of nitrogens with zero attached hydrogens (tertiary/aromatic N) is 1. The Hall–Kier alpha value is -2.08. The van der Waals surface area contributed by atoms with Crippen LogP contribution >= 0.6 is 11.6 Å². The molecule has 1 aromatic carbocycles. The van der Waals surface area contributed by atoms with E-state index in [2.05, 4.69) is 10.1 Å². The highest BCUT2D eigenvalue weighted by Crippen LogP contribution is 2.33. The number of hydrogen-bond acceptors (Lipinski definition) is 5. The van der Waals surface area contributed by atoms with Crippen molar-refractivity contribution in [3.63, 3.8) is 0 Å². The molecule has 0 atom stereocenters. The summed E-state index contributed by atoms with van der Waals surface area (Å²) in [6.45, 7) is 0. The number of carbonyl (C=O) groups excluding carboxylic acids is 1. The molecule has 0 amide bonds. The van der Waals surface area contributed by atoms with Crippen LogP contribution in [-0.2, 0) is 4.74 Å². The summed E-state index contributed by atoms with van der Waals surface area (Å²) in [5.74, 6) is -0.702. The Morgan fingerprint density at radius 3 is 2.65 bits per heavy atom. The minimum absolute atomic E-state index is 0.0176. The molecule has 0 saturated heterocycles. The number of methoxy groups -OCH3 is 1. The van der Waals surface area contributed by atoms with Gasteiger partial charge in [0.25, 0.3) is 5.69 Å². The maximum atomic E-state index is 11.5. The van der Waals surface area contributed by atoms with Gasteiger partial charge < -0.3 is 10.1 Å². The van der Waals surface area contributed by atoms with Crippen molar-refractivity contribution in [1.82, 2.24) is 0 Å². The maximum absolute atomic E-state index is 11.5. The molecule has 0 radical (unpaired) electrons. The van der Waals surface area contributed by atoms with Gasteiger partial charge in [-0.1, -0.05) is 23.8 Å². The Kier molecular flexibility index (Phi) is 4.24. The first-order chi connectivity index (χ1) is 9.52. The number of esters is 1. The first kappa shape index (κ1) is 14.3. The van der Waals surface area contributed by atoms with Gasteiger partial charge in [-0.25, -0.2) is 4.79 Å². The van der Waals surface area contributed by atoms with Gasteiger partial charge in [-0.2, -0.15) is 0 Å². The van der Waals surface area contributed by atoms with E-state index in [1.54, 1.807) is 0 Å². The third-order valence-electron chi connectivity index (χ3n) is 3.05. The van der Waals surface area contributed by atoms with E-state index in [-0.39, 0.29) is 22.3 Å². The van der Waals surface area contributed by atoms with Crippen LogP contribution in [0.5, 0.6) is 0 Å². The molecule has 0 heterocycles. The first-order valence-corrected chi connectivity index (χ1v) is 6.38. The number of halogens is 1. The Bertz CT molecular complexity index is 578. The Balaban J connectivity index is 2.37. The third kappa shape index (κ3) is 2.91. The maximum Gasteiger partial charge on any atom is 0.339 e. The fourth-order valence-corrected chi connectivity index (χ4v) is 2.29. The first-order valence-electron chi connectivity index (χ1n) is 6.00. The highest BCUT2D eigenvalue weighted by molar-refractivity contribution is 6.34. The van der Waals surface area contributed by atoms with Gasteiger partial charge in [0.1, 0.15) is 5.69 Å². The zero-order valence-corrected chi connectivity index (χ0v) is 11.5. The molecular weight excluding hydrogens is 284 g/mol. The molecule has 0 spiro atoms. The van der Waals surface area contributed by atoms with Gasteiger partial charge in [0.15, 0.2) is 0 Å². The van der Waals surface area contributed by atoms with E-state index < -0.39 is 10.9 Å². The summed E-state index contributed by atoms with van der Waals surface area (Å²) in [7, 11) is 1.20. The zero-order chi connectivity index (χ0) is 14.7. The van der Waals surface area contributed by atoms with Crippen molar-refractivity contribution in [3.8, 4) is 0 Å². The van der Waals surface area contributed by atoms with Crippen LogP contribution in [0.15, 0.2) is 24.3 Å². The highest BCUT2D eigenvalue weighted by Gasteiger charge is 2.23. The van der Waals surface area contributed by atoms with Crippen LogP contribution in [0.1, 0.15) is 23.2 Å². The molecule has 1 N–H and O–H groups in total. The van der Waals surface area contributed by atoms with Crippen molar-refractivity contribution in [2.75, 3.05) is 12.4 Å². The standard InChI is InChI=1S/C13H13ClN2O4/c1-20-13(17)9-6-12(16(18)19)11(7-10(9)14)15-8-4-2-3-5-8/h2-3,6-8,15H,4-5H2,1H3. The molecule has 106 valence electrons. The summed E-state index contributed by atoms with van der Waals surface area (Å²) in [6, 6.07) is 2.64. The molecule has 1 aromatic rings. The Morgan fingerprint density at radius 1 is 1.45 bits per heavy atom. The molecule has 20 heavy (non-hydrogen) atoms. The van der Waals surface area contributed by atoms with Crippen LogP contribution in [0.25, 0.3) is 0 Å². The fourth-order valence-electron chi connectivity index (χ4n) is 2.05. The summed E-state index contributed by atoms with van der Waals surface area (Å²) in [4.78, 5) is 22.1. The smallest absolute Gasteiger partial charge is 0.339 e. The van der Waals surface area contributed by atoms with E-state index in [1.807, 2.05) is 12.2 Å². The SMILES string of the molecule is COC(=O)c1cc([N+](=O)[O-])c(NC2CC=CC2)cc1Cl. The summed E-state index contributed by atoms with van der Waals surface area (Å²) in [5, 5.41) is 14.3. The molecule has 2 rings (SSSR count). The summed E-state index contributed by atoms with van der Waals surface area (Å²) < 4.78 is 4.55. The van der Waals surface area contributed by atoms with Gasteiger partial charge in [-0.05, 0) is 18.9 Å². The number of ether oxygens (including phenoxy) is 1. The normalized spacial score (nSPS) is 14.3. The average Bonchev–Trinajstić information content (AvgIpc) is 2.90. The van der Waals surface area contributed by atoms with Crippen molar-refractivity contribution in [3.05, 3.63) is 45.0 Å². The summed E-state index contributed by atoms with van der Waals surface area (Å²) in [6.07, 6.45) is 5.61. The van der Waals surface area contributed by atoms with Gasteiger partial charge in [-0.3, -0.25) is 10.1 Å². The van der Waals surface area contributed by atoms with Crippen molar-refractivity contribution in [2.45, 2.75) is 18.9 Å². The van der Waals surface area contributed by atoms with Crippen molar-refractivity contribution < 1.29 is 14.5 Å². The quantitative estimate of drug-likeness (QED) is 0.399. The van der Waals surface area contributed by atoms with Crippen LogP contribution in [0.2, 0.25) is 5.02 Å². The van der Waals surface area contributed by atoms with Gasteiger partial charge in [0.05, 0.1) is 22.6 Å². The van der Waals surface area contributed by atoms with Crippen LogP contribution in [0.4, 0.5) is 11.4 Å². The lowest BCUT2D eigenvalue weighted by Crippen LogP contribution is -2.16. The summed E-state index contributed by atoms with van der Waals surface area (Å²) in [5.41, 5.74) is 0.0963. The summed E-state index contributed by atoms with van der Waals surface area (Å²) >= 11 is 5.99. The van der Waals surface area contributed by atoms with Crippen LogP contribution < -0.4 is 5.32 Å². The average molecular weight is 297 g/mol. The molecule has 0 aromatic heterocycles. The molecule has 7 heteroatoms. The van der Waals surface area contributed by atoms with E-state index in [9.17, 15) is 14.9 Å². The van der Waals surface area contributed by atoms with Crippen molar-refractivity contribution in [1.29, 1.82) is 0 Å². The second-order valence-corrected chi connectivity index (χ2v) is 4.79. The number of benzene rings is 1. The fraction of sp³-hybridized carbons (Fsp3) is 0.308. The van der Waals surface area contributed by atoms with Crippen LogP contribution in [0.3, 0.4) is 0 Å². The lowest BCUT2D eigenvalue weighted by Gasteiger charge is -2.14. The van der Waals surface area contributed by atoms with Gasteiger partial charge in [-0.15, -0.1) is 0 Å². The number of nitrogens with one attached hydrogen (secondary N) is 1. The van der Waals surface area contributed by atoms with Crippen LogP contribution in [0, 0.1) is 10.1 Å². The van der Waals surface area contributed by atoms with E-state index in [1.165, 1.54) is 13.2 Å². The molecule has 0 saturated carbocycles. The molecule has 1 aliphatic rings. The predicted molar refractivity (Wildman–Crippen MR) is 75.2 cm³/mol. The second-order valence-electron chi connectivity index (χ2n) is 4.38. The van der Waals surface area contributed by atoms with Crippen LogP contribution in [-0.4, -0.2) is 24.0 Å². The lowest BCUT2D eigenvalue weighted by atomic mass is 10.1. The molecule has 0 aliphatic heterocycles. The lowest BCUT2D eigenvalue weighted by molar-refractivity contribution is -0.384. The highest BCUT2D eigenvalue weighted by atomic mass is 35.5. The third-order valence-corrected chi connectivity index (χ3v) is 3.37. The molecular formula is C13H13ClN2O4. The Labute approximate surface area is 120 Å². The molecule has 0 unspecified atom stereocenters. The molecule has 6 nitrogen and oxygen atoms in total. The monoisotopic (exact) mass is 296 g/mol. The second kappa shape index (κ2) is 5.92. The molecule has 0 fully saturated rings. The minimum Gasteiger partial charge on any atom is -0.465 e. The topological polar surface area (TPSA) is 81.5 Å². The predicted octanol–water partition coefficient (Wildman–Crippen LogP) is 3.17. The number of carbonyl (C=O) groups is 1. The zero-order valence-electron chi connectivity index (χ0n) is 10.8. The minimum atomic E-state index is -0.702. The van der Waals surface area contributed by atoms with Crippen molar-refractivity contribution in [2.24, 2.45) is 0 Å². The van der Waals surface area contributed by atoms with E-state index >= 15 is 0 Å². The van der Waals surface area contributed by atoms with Crippen molar-refractivity contribution >= 4 is 28.9 Å². The van der Waals surface area contributed by atoms with E-state index in [4.69, 9.17) is 11.6 Å². The van der Waals surface area contributed by atoms with Gasteiger partial charge >= 0.3 is 5.97 Å². The van der Waals surface area contributed by atoms with E-state index in [0.29, 0.717) is 5.69 Å². The number of rotatable bonds is 4. The number of anilines is 1. The number of nitro groups is 1. The largest absolute Gasteiger partial charge is 0.465 e. The number of nitro benzene ring substituents is 1. The molecule has 1 aliphatic carbocycles.